The maximum Gasteiger partial charge on any atom is -0.0134 e. The summed E-state index contributed by atoms with van der Waals surface area (Å²) in [5.41, 5.74) is 1.56. The molecule has 0 amide bonds. The first-order valence-electron chi connectivity index (χ1n) is 7.38. The Morgan fingerprint density at radius 3 is 2.12 bits per heavy atom. The van der Waals surface area contributed by atoms with Gasteiger partial charge in [0.2, 0.25) is 0 Å². The SMILES string of the molecule is CCCCC(c1ccccc1)C(CC)CCC. The fourth-order valence-corrected chi connectivity index (χ4v) is 2.86. The zero-order valence-electron chi connectivity index (χ0n) is 11.8. The highest BCUT2D eigenvalue weighted by Gasteiger charge is 2.20. The van der Waals surface area contributed by atoms with E-state index in [0.29, 0.717) is 0 Å². The first kappa shape index (κ1) is 14.3. The zero-order chi connectivity index (χ0) is 12.5. The van der Waals surface area contributed by atoms with Gasteiger partial charge in [0.15, 0.2) is 0 Å². The second-order valence-corrected chi connectivity index (χ2v) is 5.12. The molecule has 2 unspecified atom stereocenters. The van der Waals surface area contributed by atoms with Crippen LogP contribution in [0, 0.1) is 5.92 Å². The Bertz CT molecular complexity index is 275. The standard InChI is InChI=1S/C17H28/c1-4-7-14-17(15(6-3)11-5-2)16-12-9-8-10-13-16/h8-10,12-13,15,17H,4-7,11,14H2,1-3H3. The van der Waals surface area contributed by atoms with Crippen LogP contribution in [0.2, 0.25) is 0 Å². The van der Waals surface area contributed by atoms with Crippen LogP contribution in [-0.4, -0.2) is 0 Å². The summed E-state index contributed by atoms with van der Waals surface area (Å²) in [5.74, 6) is 1.65. The molecule has 0 bridgehead atoms. The molecule has 17 heavy (non-hydrogen) atoms. The van der Waals surface area contributed by atoms with Crippen LogP contribution in [0.3, 0.4) is 0 Å². The van der Waals surface area contributed by atoms with Crippen molar-refractivity contribution in [2.75, 3.05) is 0 Å². The molecule has 0 heterocycles. The van der Waals surface area contributed by atoms with Crippen molar-refractivity contribution in [2.45, 2.75) is 65.2 Å². The molecular formula is C17H28. The minimum absolute atomic E-state index is 0.779. The highest BCUT2D eigenvalue weighted by Crippen LogP contribution is 2.34. The summed E-state index contributed by atoms with van der Waals surface area (Å²) >= 11 is 0. The predicted octanol–water partition coefficient (Wildman–Crippen LogP) is 5.79. The van der Waals surface area contributed by atoms with E-state index in [4.69, 9.17) is 0 Å². The quantitative estimate of drug-likeness (QED) is 0.532. The van der Waals surface area contributed by atoms with E-state index in [9.17, 15) is 0 Å². The van der Waals surface area contributed by atoms with Gasteiger partial charge in [-0.05, 0) is 23.8 Å². The Morgan fingerprint density at radius 2 is 1.59 bits per heavy atom. The molecule has 0 aliphatic rings. The van der Waals surface area contributed by atoms with Crippen molar-refractivity contribution in [3.05, 3.63) is 35.9 Å². The Kier molecular flexibility index (Phi) is 7.00. The van der Waals surface area contributed by atoms with E-state index in [-0.39, 0.29) is 0 Å². The predicted molar refractivity (Wildman–Crippen MR) is 77.4 cm³/mol. The Hall–Kier alpha value is -0.780. The van der Waals surface area contributed by atoms with E-state index in [0.717, 1.165) is 11.8 Å². The van der Waals surface area contributed by atoms with E-state index >= 15 is 0 Å². The van der Waals surface area contributed by atoms with Crippen LogP contribution in [0.5, 0.6) is 0 Å². The van der Waals surface area contributed by atoms with Gasteiger partial charge in [-0.2, -0.15) is 0 Å². The minimum atomic E-state index is 0.779. The molecular weight excluding hydrogens is 204 g/mol. The van der Waals surface area contributed by atoms with Crippen molar-refractivity contribution in [1.82, 2.24) is 0 Å². The summed E-state index contributed by atoms with van der Waals surface area (Å²) in [4.78, 5) is 0. The van der Waals surface area contributed by atoms with Crippen molar-refractivity contribution >= 4 is 0 Å². The smallest absolute Gasteiger partial charge is 0.0134 e. The number of rotatable bonds is 8. The van der Waals surface area contributed by atoms with Crippen LogP contribution in [0.25, 0.3) is 0 Å². The minimum Gasteiger partial charge on any atom is -0.0654 e. The maximum atomic E-state index is 2.35. The molecule has 1 rings (SSSR count). The Morgan fingerprint density at radius 1 is 0.882 bits per heavy atom. The van der Waals surface area contributed by atoms with Gasteiger partial charge in [0.05, 0.1) is 0 Å². The van der Waals surface area contributed by atoms with E-state index in [1.54, 1.807) is 5.56 Å². The summed E-state index contributed by atoms with van der Waals surface area (Å²) in [7, 11) is 0. The summed E-state index contributed by atoms with van der Waals surface area (Å²) < 4.78 is 0. The topological polar surface area (TPSA) is 0 Å². The highest BCUT2D eigenvalue weighted by atomic mass is 14.2. The molecule has 0 saturated carbocycles. The van der Waals surface area contributed by atoms with Crippen molar-refractivity contribution in [3.63, 3.8) is 0 Å². The van der Waals surface area contributed by atoms with Crippen LogP contribution in [0.1, 0.15) is 70.8 Å². The van der Waals surface area contributed by atoms with E-state index in [1.165, 1.54) is 38.5 Å². The lowest BCUT2D eigenvalue weighted by atomic mass is 9.79. The average Bonchev–Trinajstić information content (AvgIpc) is 2.39. The van der Waals surface area contributed by atoms with Crippen LogP contribution in [0.15, 0.2) is 30.3 Å². The van der Waals surface area contributed by atoms with Gasteiger partial charge >= 0.3 is 0 Å². The van der Waals surface area contributed by atoms with E-state index < -0.39 is 0 Å². The lowest BCUT2D eigenvalue weighted by molar-refractivity contribution is 0.355. The van der Waals surface area contributed by atoms with Crippen molar-refractivity contribution in [1.29, 1.82) is 0 Å². The van der Waals surface area contributed by atoms with Crippen molar-refractivity contribution in [3.8, 4) is 0 Å². The molecule has 2 atom stereocenters. The summed E-state index contributed by atoms with van der Waals surface area (Å²) in [6, 6.07) is 11.1. The zero-order valence-corrected chi connectivity index (χ0v) is 11.8. The number of unbranched alkanes of at least 4 members (excludes halogenated alkanes) is 1. The highest BCUT2D eigenvalue weighted by molar-refractivity contribution is 5.20. The van der Waals surface area contributed by atoms with E-state index in [1.807, 2.05) is 0 Å². The molecule has 0 radical (unpaired) electrons. The summed E-state index contributed by atoms with van der Waals surface area (Å²) in [5, 5.41) is 0. The first-order valence-corrected chi connectivity index (χ1v) is 7.38. The second-order valence-electron chi connectivity index (χ2n) is 5.12. The van der Waals surface area contributed by atoms with Gasteiger partial charge in [0, 0.05) is 0 Å². The normalized spacial score (nSPS) is 14.5. The van der Waals surface area contributed by atoms with Gasteiger partial charge < -0.3 is 0 Å². The molecule has 0 aliphatic heterocycles. The number of hydrogen-bond acceptors (Lipinski definition) is 0. The van der Waals surface area contributed by atoms with Gasteiger partial charge in [-0.15, -0.1) is 0 Å². The fourth-order valence-electron chi connectivity index (χ4n) is 2.86. The van der Waals surface area contributed by atoms with Crippen LogP contribution in [0.4, 0.5) is 0 Å². The summed E-state index contributed by atoms with van der Waals surface area (Å²) in [6.07, 6.45) is 8.04. The Balaban J connectivity index is 2.78. The molecule has 0 aromatic heterocycles. The van der Waals surface area contributed by atoms with Crippen LogP contribution < -0.4 is 0 Å². The van der Waals surface area contributed by atoms with Gasteiger partial charge in [0.1, 0.15) is 0 Å². The van der Waals surface area contributed by atoms with Crippen LogP contribution >= 0.6 is 0 Å². The molecule has 0 nitrogen and oxygen atoms in total. The lowest BCUT2D eigenvalue weighted by Crippen LogP contribution is -2.12. The molecule has 0 saturated heterocycles. The average molecular weight is 232 g/mol. The van der Waals surface area contributed by atoms with E-state index in [2.05, 4.69) is 51.1 Å². The first-order chi connectivity index (χ1) is 8.33. The second kappa shape index (κ2) is 8.33. The van der Waals surface area contributed by atoms with Gasteiger partial charge in [0.25, 0.3) is 0 Å². The largest absolute Gasteiger partial charge is 0.0654 e. The fraction of sp³-hybridized carbons (Fsp3) is 0.647. The number of benzene rings is 1. The lowest BCUT2D eigenvalue weighted by Gasteiger charge is -2.26. The third kappa shape index (κ3) is 4.53. The van der Waals surface area contributed by atoms with Gasteiger partial charge in [-0.3, -0.25) is 0 Å². The molecule has 0 spiro atoms. The third-order valence-corrected chi connectivity index (χ3v) is 3.85. The third-order valence-electron chi connectivity index (χ3n) is 3.85. The van der Waals surface area contributed by atoms with Gasteiger partial charge in [-0.1, -0.05) is 83.2 Å². The molecule has 0 fully saturated rings. The van der Waals surface area contributed by atoms with Crippen LogP contribution in [-0.2, 0) is 0 Å². The number of hydrogen-bond donors (Lipinski definition) is 0. The molecule has 0 heteroatoms. The molecule has 0 aliphatic carbocycles. The molecule has 1 aromatic carbocycles. The van der Waals surface area contributed by atoms with Crippen molar-refractivity contribution in [2.24, 2.45) is 5.92 Å². The molecule has 0 N–H and O–H groups in total. The Labute approximate surface area is 107 Å². The van der Waals surface area contributed by atoms with Crippen molar-refractivity contribution < 1.29 is 0 Å². The monoisotopic (exact) mass is 232 g/mol. The molecule has 96 valence electrons. The van der Waals surface area contributed by atoms with Gasteiger partial charge in [-0.25, -0.2) is 0 Å². The maximum absolute atomic E-state index is 2.35. The molecule has 1 aromatic rings. The summed E-state index contributed by atoms with van der Waals surface area (Å²) in [6.45, 7) is 6.95.